The van der Waals surface area contributed by atoms with E-state index < -0.39 is 5.97 Å². The van der Waals surface area contributed by atoms with Crippen molar-refractivity contribution < 1.29 is 9.90 Å². The molecule has 5 heteroatoms. The van der Waals surface area contributed by atoms with Crippen molar-refractivity contribution in [3.05, 3.63) is 29.3 Å². The van der Waals surface area contributed by atoms with Gasteiger partial charge in [0.25, 0.3) is 0 Å². The molecule has 0 spiro atoms. The van der Waals surface area contributed by atoms with Crippen molar-refractivity contribution in [2.45, 2.75) is 6.92 Å². The molecule has 0 aliphatic carbocycles. The molecule has 1 aromatic rings. The van der Waals surface area contributed by atoms with Crippen molar-refractivity contribution >= 4 is 11.7 Å². The monoisotopic (exact) mass is 261 g/mol. The van der Waals surface area contributed by atoms with Gasteiger partial charge in [0.2, 0.25) is 0 Å². The Kier molecular flexibility index (Phi) is 5.34. The molecule has 0 saturated carbocycles. The Bertz CT molecular complexity index is 492. The minimum Gasteiger partial charge on any atom is -0.480 e. The van der Waals surface area contributed by atoms with Gasteiger partial charge >= 0.3 is 5.97 Å². The van der Waals surface area contributed by atoms with Crippen LogP contribution in [-0.2, 0) is 4.79 Å². The number of likely N-dealkylation sites (N-methyl/N-ethyl adjacent to an activating group) is 1. The average Bonchev–Trinajstić information content (AvgIpc) is 2.33. The minimum absolute atomic E-state index is 0.106. The maximum atomic E-state index is 11.0. The Labute approximate surface area is 113 Å². The highest BCUT2D eigenvalue weighted by atomic mass is 16.4. The number of carbonyl (C=O) groups is 1. The van der Waals surface area contributed by atoms with Gasteiger partial charge < -0.3 is 14.9 Å². The van der Waals surface area contributed by atoms with E-state index in [-0.39, 0.29) is 6.54 Å². The number of carboxylic acids is 1. The number of nitrogens with zero attached hydrogens (tertiary/aromatic N) is 3. The van der Waals surface area contributed by atoms with Crippen LogP contribution < -0.4 is 4.90 Å². The number of aliphatic carboxylic acids is 1. The molecule has 0 saturated heterocycles. The fraction of sp³-hybridized carbons (Fsp3) is 0.429. The third kappa shape index (κ3) is 4.60. The summed E-state index contributed by atoms with van der Waals surface area (Å²) in [5.41, 5.74) is 2.18. The molecule has 0 atom stereocenters. The largest absolute Gasteiger partial charge is 0.480 e. The molecule has 0 radical (unpaired) electrons. The highest BCUT2D eigenvalue weighted by Crippen LogP contribution is 2.21. The molecule has 0 amide bonds. The number of nitriles is 1. The molecule has 0 heterocycles. The summed E-state index contributed by atoms with van der Waals surface area (Å²) in [4.78, 5) is 14.7. The van der Waals surface area contributed by atoms with E-state index >= 15 is 0 Å². The fourth-order valence-corrected chi connectivity index (χ4v) is 1.78. The van der Waals surface area contributed by atoms with Gasteiger partial charge in [-0.3, -0.25) is 4.79 Å². The minimum atomic E-state index is -0.900. The Hall–Kier alpha value is -2.06. The number of carboxylic acid groups (broad SMARTS) is 1. The van der Waals surface area contributed by atoms with Gasteiger partial charge in [-0.15, -0.1) is 0 Å². The zero-order chi connectivity index (χ0) is 14.4. The van der Waals surface area contributed by atoms with Gasteiger partial charge in [-0.05, 0) is 38.7 Å². The number of hydrogen-bond donors (Lipinski definition) is 1. The van der Waals surface area contributed by atoms with Crippen LogP contribution in [0.15, 0.2) is 18.2 Å². The Balaban J connectivity index is 3.02. The van der Waals surface area contributed by atoms with Crippen LogP contribution >= 0.6 is 0 Å². The molecular formula is C14H19N3O2. The molecule has 0 bridgehead atoms. The summed E-state index contributed by atoms with van der Waals surface area (Å²) >= 11 is 0. The quantitative estimate of drug-likeness (QED) is 0.836. The summed E-state index contributed by atoms with van der Waals surface area (Å²) in [6.45, 7) is 3.10. The standard InChI is InChI=1S/C14H19N3O2/c1-11-4-5-13(12(8-11)9-15)17(10-14(18)19)7-6-16(2)3/h4-5,8H,6-7,10H2,1-3H3,(H,18,19). The molecule has 0 aromatic heterocycles. The van der Waals surface area contributed by atoms with Crippen LogP contribution in [0.25, 0.3) is 0 Å². The highest BCUT2D eigenvalue weighted by Gasteiger charge is 2.14. The van der Waals surface area contributed by atoms with Crippen LogP contribution in [0.3, 0.4) is 0 Å². The lowest BCUT2D eigenvalue weighted by molar-refractivity contribution is -0.135. The molecule has 1 rings (SSSR count). The number of aryl methyl sites for hydroxylation is 1. The normalized spacial score (nSPS) is 10.3. The summed E-state index contributed by atoms with van der Waals surface area (Å²) in [7, 11) is 3.86. The highest BCUT2D eigenvalue weighted by molar-refractivity contribution is 5.75. The second kappa shape index (κ2) is 6.76. The van der Waals surface area contributed by atoms with E-state index in [9.17, 15) is 4.79 Å². The maximum absolute atomic E-state index is 11.0. The first-order valence-corrected chi connectivity index (χ1v) is 6.06. The van der Waals surface area contributed by atoms with E-state index in [4.69, 9.17) is 10.4 Å². The first-order chi connectivity index (χ1) is 8.93. The third-order valence-electron chi connectivity index (χ3n) is 2.76. The van der Waals surface area contributed by atoms with Crippen LogP contribution in [0.4, 0.5) is 5.69 Å². The van der Waals surface area contributed by atoms with E-state index in [1.54, 1.807) is 11.0 Å². The second-order valence-corrected chi connectivity index (χ2v) is 4.75. The number of rotatable bonds is 6. The fourth-order valence-electron chi connectivity index (χ4n) is 1.78. The van der Waals surface area contributed by atoms with Crippen LogP contribution in [0.2, 0.25) is 0 Å². The van der Waals surface area contributed by atoms with E-state index in [1.807, 2.05) is 38.1 Å². The van der Waals surface area contributed by atoms with E-state index in [2.05, 4.69) is 6.07 Å². The lowest BCUT2D eigenvalue weighted by Gasteiger charge is -2.25. The number of benzene rings is 1. The SMILES string of the molecule is Cc1ccc(N(CCN(C)C)CC(=O)O)c(C#N)c1. The summed E-state index contributed by atoms with van der Waals surface area (Å²) in [6.07, 6.45) is 0. The van der Waals surface area contributed by atoms with Gasteiger partial charge in [0.15, 0.2) is 0 Å². The topological polar surface area (TPSA) is 67.6 Å². The van der Waals surface area contributed by atoms with E-state index in [0.29, 0.717) is 17.8 Å². The summed E-state index contributed by atoms with van der Waals surface area (Å²) in [5, 5.41) is 18.2. The molecule has 0 fully saturated rings. The van der Waals surface area contributed by atoms with Crippen molar-refractivity contribution in [1.29, 1.82) is 5.26 Å². The molecule has 0 aliphatic heterocycles. The Morgan fingerprint density at radius 1 is 1.37 bits per heavy atom. The van der Waals surface area contributed by atoms with E-state index in [1.165, 1.54) is 0 Å². The summed E-state index contributed by atoms with van der Waals surface area (Å²) < 4.78 is 0. The Morgan fingerprint density at radius 3 is 2.58 bits per heavy atom. The molecule has 102 valence electrons. The predicted octanol–water partition coefficient (Wildman–Crippen LogP) is 1.32. The smallest absolute Gasteiger partial charge is 0.323 e. The van der Waals surface area contributed by atoms with Crippen LogP contribution in [0.1, 0.15) is 11.1 Å². The predicted molar refractivity (Wildman–Crippen MR) is 74.3 cm³/mol. The van der Waals surface area contributed by atoms with Crippen LogP contribution in [0.5, 0.6) is 0 Å². The van der Waals surface area contributed by atoms with Crippen molar-refractivity contribution in [1.82, 2.24) is 4.90 Å². The molecule has 0 aliphatic rings. The number of anilines is 1. The van der Waals surface area contributed by atoms with Crippen molar-refractivity contribution in [2.75, 3.05) is 38.6 Å². The summed E-state index contributed by atoms with van der Waals surface area (Å²) in [5.74, 6) is -0.900. The first-order valence-electron chi connectivity index (χ1n) is 6.06. The molecular weight excluding hydrogens is 242 g/mol. The van der Waals surface area contributed by atoms with Gasteiger partial charge in [0.05, 0.1) is 11.3 Å². The average molecular weight is 261 g/mol. The zero-order valence-electron chi connectivity index (χ0n) is 11.6. The molecule has 0 unspecified atom stereocenters. The van der Waals surface area contributed by atoms with Gasteiger partial charge in [0.1, 0.15) is 12.6 Å². The van der Waals surface area contributed by atoms with Crippen LogP contribution in [-0.4, -0.2) is 49.7 Å². The lowest BCUT2D eigenvalue weighted by atomic mass is 10.1. The number of hydrogen-bond acceptors (Lipinski definition) is 4. The van der Waals surface area contributed by atoms with Gasteiger partial charge in [-0.2, -0.15) is 5.26 Å². The van der Waals surface area contributed by atoms with Gasteiger partial charge in [-0.25, -0.2) is 0 Å². The second-order valence-electron chi connectivity index (χ2n) is 4.75. The summed E-state index contributed by atoms with van der Waals surface area (Å²) in [6, 6.07) is 7.61. The van der Waals surface area contributed by atoms with Crippen LogP contribution in [0, 0.1) is 18.3 Å². The third-order valence-corrected chi connectivity index (χ3v) is 2.76. The molecule has 1 N–H and O–H groups in total. The zero-order valence-corrected chi connectivity index (χ0v) is 11.6. The maximum Gasteiger partial charge on any atom is 0.323 e. The molecule has 1 aromatic carbocycles. The molecule has 19 heavy (non-hydrogen) atoms. The van der Waals surface area contributed by atoms with E-state index in [0.717, 1.165) is 12.1 Å². The Morgan fingerprint density at radius 2 is 2.05 bits per heavy atom. The van der Waals surface area contributed by atoms with Crippen molar-refractivity contribution in [3.8, 4) is 6.07 Å². The first kappa shape index (κ1) is 15.0. The molecule has 5 nitrogen and oxygen atoms in total. The van der Waals surface area contributed by atoms with Gasteiger partial charge in [0, 0.05) is 13.1 Å². The lowest BCUT2D eigenvalue weighted by Crippen LogP contribution is -2.36. The van der Waals surface area contributed by atoms with Crippen molar-refractivity contribution in [3.63, 3.8) is 0 Å². The van der Waals surface area contributed by atoms with Crippen molar-refractivity contribution in [2.24, 2.45) is 0 Å². The van der Waals surface area contributed by atoms with Gasteiger partial charge in [-0.1, -0.05) is 6.07 Å².